The Hall–Kier alpha value is -3.28. The summed E-state index contributed by atoms with van der Waals surface area (Å²) in [7, 11) is -4.57. The van der Waals surface area contributed by atoms with E-state index in [1.807, 2.05) is 6.92 Å². The van der Waals surface area contributed by atoms with Crippen LogP contribution in [0.4, 0.5) is 18.9 Å². The predicted octanol–water partition coefficient (Wildman–Crippen LogP) is 6.85. The largest absolute Gasteiger partial charge is 0.417 e. The second-order valence-electron chi connectivity index (χ2n) is 10.1. The van der Waals surface area contributed by atoms with Gasteiger partial charge in [-0.2, -0.15) is 13.2 Å². The van der Waals surface area contributed by atoms with Crippen LogP contribution in [0.25, 0.3) is 0 Å². The van der Waals surface area contributed by atoms with E-state index in [9.17, 15) is 31.2 Å². The Labute approximate surface area is 259 Å². The van der Waals surface area contributed by atoms with Gasteiger partial charge in [0.1, 0.15) is 12.6 Å². The molecule has 43 heavy (non-hydrogen) atoms. The van der Waals surface area contributed by atoms with Gasteiger partial charge in [-0.3, -0.25) is 13.9 Å². The fraction of sp³-hybridized carbons (Fsp3) is 0.333. The Morgan fingerprint density at radius 1 is 0.977 bits per heavy atom. The summed E-state index contributed by atoms with van der Waals surface area (Å²) in [4.78, 5) is 28.0. The monoisotopic (exact) mass is 657 g/mol. The molecule has 232 valence electrons. The molecule has 7 nitrogen and oxygen atoms in total. The zero-order valence-corrected chi connectivity index (χ0v) is 26.3. The second kappa shape index (κ2) is 14.0. The highest BCUT2D eigenvalue weighted by atomic mass is 35.5. The van der Waals surface area contributed by atoms with E-state index in [-0.39, 0.29) is 17.5 Å². The van der Waals surface area contributed by atoms with Gasteiger partial charge in [-0.1, -0.05) is 60.0 Å². The lowest BCUT2D eigenvalue weighted by Crippen LogP contribution is -2.52. The van der Waals surface area contributed by atoms with Gasteiger partial charge in [-0.25, -0.2) is 8.42 Å². The summed E-state index contributed by atoms with van der Waals surface area (Å²) >= 11 is 11.9. The molecule has 13 heteroatoms. The van der Waals surface area contributed by atoms with E-state index in [0.717, 1.165) is 17.7 Å². The van der Waals surface area contributed by atoms with Crippen LogP contribution in [-0.2, 0) is 32.3 Å². The van der Waals surface area contributed by atoms with E-state index in [4.69, 9.17) is 23.2 Å². The molecule has 2 unspecified atom stereocenters. The van der Waals surface area contributed by atoms with Crippen molar-refractivity contribution in [2.75, 3.05) is 10.8 Å². The maximum Gasteiger partial charge on any atom is 0.417 e. The Morgan fingerprint density at radius 3 is 2.21 bits per heavy atom. The third-order valence-electron chi connectivity index (χ3n) is 6.84. The molecular weight excluding hydrogens is 626 g/mol. The summed E-state index contributed by atoms with van der Waals surface area (Å²) in [6.45, 7) is 5.87. The molecule has 3 aromatic carbocycles. The second-order valence-corrected chi connectivity index (χ2v) is 12.8. The molecule has 0 spiro atoms. The number of nitrogens with zero attached hydrogens (tertiary/aromatic N) is 2. The number of alkyl halides is 3. The first-order chi connectivity index (χ1) is 20.0. The third kappa shape index (κ3) is 8.64. The quantitative estimate of drug-likeness (QED) is 0.244. The minimum absolute atomic E-state index is 0.124. The van der Waals surface area contributed by atoms with Gasteiger partial charge in [0.05, 0.1) is 21.2 Å². The number of carbonyl (C=O) groups excluding carboxylic acids is 2. The molecule has 0 heterocycles. The van der Waals surface area contributed by atoms with Gasteiger partial charge in [0.15, 0.2) is 0 Å². The first kappa shape index (κ1) is 34.2. The maximum atomic E-state index is 14.0. The smallest absolute Gasteiger partial charge is 0.352 e. The summed E-state index contributed by atoms with van der Waals surface area (Å²) < 4.78 is 69.7. The van der Waals surface area contributed by atoms with Crippen molar-refractivity contribution in [2.45, 2.75) is 63.8 Å². The normalized spacial score (nSPS) is 13.2. The molecule has 0 aliphatic heterocycles. The van der Waals surface area contributed by atoms with Crippen LogP contribution in [0.15, 0.2) is 71.6 Å². The van der Waals surface area contributed by atoms with Crippen LogP contribution in [0.1, 0.15) is 43.9 Å². The Morgan fingerprint density at radius 2 is 1.63 bits per heavy atom. The Bertz CT molecular complexity index is 1570. The van der Waals surface area contributed by atoms with Gasteiger partial charge in [0, 0.05) is 17.6 Å². The molecule has 0 aliphatic carbocycles. The van der Waals surface area contributed by atoms with Crippen molar-refractivity contribution in [3.05, 3.63) is 93.5 Å². The fourth-order valence-electron chi connectivity index (χ4n) is 4.13. The number of aryl methyl sites for hydroxylation is 1. The highest BCUT2D eigenvalue weighted by Crippen LogP contribution is 2.38. The standard InChI is InChI=1S/C30H32Cl2F3N3O4S/c1-5-20(3)36-29(40)21(4)37(17-22-7-6-8-23(31)15-22)28(39)18-38(43(41,42)25-12-9-19(2)10-13-25)24-11-14-27(32)26(16-24)30(33,34)35/h6-16,20-21H,5,17-18H2,1-4H3,(H,36,40). The third-order valence-corrected chi connectivity index (χ3v) is 9.19. The number of benzene rings is 3. The van der Waals surface area contributed by atoms with Crippen molar-refractivity contribution >= 4 is 50.7 Å². The van der Waals surface area contributed by atoms with E-state index >= 15 is 0 Å². The van der Waals surface area contributed by atoms with Gasteiger partial charge >= 0.3 is 6.18 Å². The minimum Gasteiger partial charge on any atom is -0.352 e. The molecule has 0 aliphatic rings. The number of hydrogen-bond donors (Lipinski definition) is 1. The number of amides is 2. The van der Waals surface area contributed by atoms with Crippen LogP contribution in [-0.4, -0.2) is 43.8 Å². The molecule has 0 bridgehead atoms. The van der Waals surface area contributed by atoms with Crippen LogP contribution in [0.2, 0.25) is 10.0 Å². The van der Waals surface area contributed by atoms with Gasteiger partial charge in [0.25, 0.3) is 10.0 Å². The highest BCUT2D eigenvalue weighted by Gasteiger charge is 2.37. The van der Waals surface area contributed by atoms with Crippen LogP contribution < -0.4 is 9.62 Å². The van der Waals surface area contributed by atoms with Gasteiger partial charge < -0.3 is 10.2 Å². The molecule has 0 aromatic heterocycles. The summed E-state index contributed by atoms with van der Waals surface area (Å²) in [5.41, 5.74) is -0.380. The number of rotatable bonds is 11. The van der Waals surface area contributed by atoms with E-state index in [1.165, 1.54) is 36.1 Å². The van der Waals surface area contributed by atoms with Crippen molar-refractivity contribution in [2.24, 2.45) is 0 Å². The van der Waals surface area contributed by atoms with E-state index < -0.39 is 56.9 Å². The molecule has 1 N–H and O–H groups in total. The van der Waals surface area contributed by atoms with E-state index in [0.29, 0.717) is 27.4 Å². The lowest BCUT2D eigenvalue weighted by Gasteiger charge is -2.32. The Balaban J connectivity index is 2.12. The summed E-state index contributed by atoms with van der Waals surface area (Å²) in [5, 5.41) is 2.56. The number of sulfonamides is 1. The Kier molecular flexibility index (Phi) is 11.1. The van der Waals surface area contributed by atoms with Crippen molar-refractivity contribution < 1.29 is 31.2 Å². The average Bonchev–Trinajstić information content (AvgIpc) is 2.94. The molecule has 2 amide bonds. The topological polar surface area (TPSA) is 86.8 Å². The molecule has 0 saturated heterocycles. The first-order valence-corrected chi connectivity index (χ1v) is 15.5. The number of anilines is 1. The van der Waals surface area contributed by atoms with E-state index in [1.54, 1.807) is 38.1 Å². The van der Waals surface area contributed by atoms with Gasteiger partial charge in [-0.05, 0) is 75.2 Å². The molecule has 2 atom stereocenters. The predicted molar refractivity (Wildman–Crippen MR) is 162 cm³/mol. The maximum absolute atomic E-state index is 14.0. The zero-order chi connectivity index (χ0) is 32.1. The van der Waals surface area contributed by atoms with Crippen LogP contribution in [0, 0.1) is 6.92 Å². The first-order valence-electron chi connectivity index (χ1n) is 13.3. The molecule has 0 saturated carbocycles. The highest BCUT2D eigenvalue weighted by molar-refractivity contribution is 7.92. The van der Waals surface area contributed by atoms with Gasteiger partial charge in [0.2, 0.25) is 11.8 Å². The SMILES string of the molecule is CCC(C)NC(=O)C(C)N(Cc1cccc(Cl)c1)C(=O)CN(c1ccc(Cl)c(C(F)(F)F)c1)S(=O)(=O)c1ccc(C)cc1. The number of halogens is 5. The van der Waals surface area contributed by atoms with Crippen LogP contribution >= 0.6 is 23.2 Å². The number of nitrogens with one attached hydrogen (secondary N) is 1. The van der Waals surface area contributed by atoms with Crippen molar-refractivity contribution in [1.82, 2.24) is 10.2 Å². The summed E-state index contributed by atoms with van der Waals surface area (Å²) in [6, 6.07) is 13.6. The van der Waals surface area contributed by atoms with Gasteiger partial charge in [-0.15, -0.1) is 0 Å². The lowest BCUT2D eigenvalue weighted by atomic mass is 10.1. The number of hydrogen-bond acceptors (Lipinski definition) is 4. The molecule has 0 fully saturated rings. The van der Waals surface area contributed by atoms with Crippen LogP contribution in [0.3, 0.4) is 0 Å². The molecule has 3 rings (SSSR count). The van der Waals surface area contributed by atoms with Crippen molar-refractivity contribution in [3.63, 3.8) is 0 Å². The summed E-state index contributed by atoms with van der Waals surface area (Å²) in [6.07, 6.45) is -4.26. The average molecular weight is 659 g/mol. The van der Waals surface area contributed by atoms with Crippen molar-refractivity contribution in [1.29, 1.82) is 0 Å². The number of carbonyl (C=O) groups is 2. The van der Waals surface area contributed by atoms with E-state index in [2.05, 4.69) is 5.32 Å². The van der Waals surface area contributed by atoms with Crippen LogP contribution in [0.5, 0.6) is 0 Å². The molecule has 0 radical (unpaired) electrons. The lowest BCUT2D eigenvalue weighted by molar-refractivity contribution is -0.139. The molecule has 3 aromatic rings. The van der Waals surface area contributed by atoms with Crippen molar-refractivity contribution in [3.8, 4) is 0 Å². The fourth-order valence-corrected chi connectivity index (χ4v) is 5.98. The summed E-state index contributed by atoms with van der Waals surface area (Å²) in [5.74, 6) is -1.31. The molecular formula is C30H32Cl2F3N3O4S. The zero-order valence-electron chi connectivity index (χ0n) is 24.0. The minimum atomic E-state index is -4.89.